The Balaban J connectivity index is 2.82. The molecule has 0 radical (unpaired) electrons. The normalized spacial score (nSPS) is 14.9. The molecule has 1 rings (SSSR count). The van der Waals surface area contributed by atoms with Crippen LogP contribution in [-0.4, -0.2) is 17.9 Å². The van der Waals surface area contributed by atoms with E-state index in [1.807, 2.05) is 32.9 Å². The Morgan fingerprint density at radius 2 is 1.62 bits per heavy atom. The first-order chi connectivity index (χ1) is 7.43. The van der Waals surface area contributed by atoms with Crippen molar-refractivity contribution in [1.29, 1.82) is 0 Å². The molecule has 0 aliphatic heterocycles. The van der Waals surface area contributed by atoms with Crippen LogP contribution in [0.1, 0.15) is 29.8 Å². The first-order valence-electron chi connectivity index (χ1n) is 5.55. The van der Waals surface area contributed by atoms with Crippen molar-refractivity contribution in [1.82, 2.24) is 0 Å². The molecular weight excluding hydrogens is 200 g/mol. The predicted molar refractivity (Wildman–Crippen MR) is 66.3 cm³/mol. The second kappa shape index (κ2) is 5.23. The summed E-state index contributed by atoms with van der Waals surface area (Å²) in [4.78, 5) is 12.0. The van der Waals surface area contributed by atoms with E-state index in [0.29, 0.717) is 5.56 Å². The standard InChI is InChI=1S/C13H20N2O/c1-8(2)11(14)12(15)13(16)10-6-4-9(3)5-7-10/h4-8,11-12H,14-15H2,1-3H3. The number of carbonyl (C=O) groups excluding carboxylic acids is 1. The van der Waals surface area contributed by atoms with E-state index in [0.717, 1.165) is 5.56 Å². The van der Waals surface area contributed by atoms with Crippen LogP contribution in [0.5, 0.6) is 0 Å². The Bertz CT molecular complexity index is 357. The number of nitrogens with two attached hydrogens (primary N) is 2. The maximum atomic E-state index is 12.0. The Morgan fingerprint density at radius 3 is 2.06 bits per heavy atom. The smallest absolute Gasteiger partial charge is 0.181 e. The van der Waals surface area contributed by atoms with Gasteiger partial charge in [-0.3, -0.25) is 4.79 Å². The van der Waals surface area contributed by atoms with Crippen molar-refractivity contribution in [2.24, 2.45) is 17.4 Å². The van der Waals surface area contributed by atoms with E-state index >= 15 is 0 Å². The summed E-state index contributed by atoms with van der Waals surface area (Å²) in [5, 5.41) is 0. The van der Waals surface area contributed by atoms with E-state index in [4.69, 9.17) is 11.5 Å². The fraction of sp³-hybridized carbons (Fsp3) is 0.462. The van der Waals surface area contributed by atoms with Crippen molar-refractivity contribution in [3.05, 3.63) is 35.4 Å². The van der Waals surface area contributed by atoms with Gasteiger partial charge in [0.15, 0.2) is 5.78 Å². The number of carbonyl (C=O) groups is 1. The van der Waals surface area contributed by atoms with Gasteiger partial charge in [-0.25, -0.2) is 0 Å². The summed E-state index contributed by atoms with van der Waals surface area (Å²) in [6, 6.07) is 6.48. The van der Waals surface area contributed by atoms with E-state index in [2.05, 4.69) is 0 Å². The zero-order valence-corrected chi connectivity index (χ0v) is 10.1. The SMILES string of the molecule is Cc1ccc(C(=O)C(N)C(N)C(C)C)cc1. The Morgan fingerprint density at radius 1 is 1.12 bits per heavy atom. The molecule has 0 heterocycles. The highest BCUT2D eigenvalue weighted by Crippen LogP contribution is 2.10. The summed E-state index contributed by atoms with van der Waals surface area (Å²) in [7, 11) is 0. The summed E-state index contributed by atoms with van der Waals surface area (Å²) in [6.07, 6.45) is 0. The van der Waals surface area contributed by atoms with Gasteiger partial charge in [0.25, 0.3) is 0 Å². The monoisotopic (exact) mass is 220 g/mol. The molecule has 16 heavy (non-hydrogen) atoms. The minimum Gasteiger partial charge on any atom is -0.326 e. The van der Waals surface area contributed by atoms with Crippen LogP contribution in [0.15, 0.2) is 24.3 Å². The molecule has 0 aliphatic rings. The second-order valence-corrected chi connectivity index (χ2v) is 4.58. The zero-order chi connectivity index (χ0) is 12.3. The maximum absolute atomic E-state index is 12.0. The molecule has 4 N–H and O–H groups in total. The topological polar surface area (TPSA) is 69.1 Å². The highest BCUT2D eigenvalue weighted by atomic mass is 16.1. The molecule has 0 amide bonds. The Kier molecular flexibility index (Phi) is 4.21. The van der Waals surface area contributed by atoms with Gasteiger partial charge < -0.3 is 11.5 Å². The average Bonchev–Trinajstić information content (AvgIpc) is 2.27. The molecule has 2 atom stereocenters. The number of hydrogen-bond donors (Lipinski definition) is 2. The van der Waals surface area contributed by atoms with Crippen molar-refractivity contribution in [2.75, 3.05) is 0 Å². The molecular formula is C13H20N2O. The first-order valence-corrected chi connectivity index (χ1v) is 5.55. The summed E-state index contributed by atoms with van der Waals surface area (Å²) >= 11 is 0. The molecule has 1 aromatic rings. The van der Waals surface area contributed by atoms with Crippen molar-refractivity contribution < 1.29 is 4.79 Å². The van der Waals surface area contributed by atoms with Gasteiger partial charge in [-0.05, 0) is 12.8 Å². The number of benzene rings is 1. The first kappa shape index (κ1) is 12.9. The molecule has 3 heteroatoms. The van der Waals surface area contributed by atoms with Crippen LogP contribution < -0.4 is 11.5 Å². The molecule has 0 spiro atoms. The third-order valence-electron chi connectivity index (χ3n) is 2.82. The summed E-state index contributed by atoms with van der Waals surface area (Å²) < 4.78 is 0. The lowest BCUT2D eigenvalue weighted by molar-refractivity contribution is 0.0940. The molecule has 3 nitrogen and oxygen atoms in total. The highest BCUT2D eigenvalue weighted by molar-refractivity contribution is 6.00. The highest BCUT2D eigenvalue weighted by Gasteiger charge is 2.24. The quantitative estimate of drug-likeness (QED) is 0.755. The predicted octanol–water partition coefficient (Wildman–Crippen LogP) is 1.49. The molecule has 0 aromatic heterocycles. The van der Waals surface area contributed by atoms with Gasteiger partial charge >= 0.3 is 0 Å². The van der Waals surface area contributed by atoms with Crippen molar-refractivity contribution in [2.45, 2.75) is 32.9 Å². The molecule has 0 fully saturated rings. The van der Waals surface area contributed by atoms with Gasteiger partial charge in [0.2, 0.25) is 0 Å². The number of Topliss-reactive ketones (excluding diaryl/α,β-unsaturated/α-hetero) is 1. The Hall–Kier alpha value is -1.19. The fourth-order valence-corrected chi connectivity index (χ4v) is 1.50. The van der Waals surface area contributed by atoms with Crippen LogP contribution in [0.4, 0.5) is 0 Å². The molecule has 88 valence electrons. The van der Waals surface area contributed by atoms with Crippen LogP contribution in [0.3, 0.4) is 0 Å². The second-order valence-electron chi connectivity index (χ2n) is 4.58. The molecule has 0 saturated heterocycles. The molecule has 0 aliphatic carbocycles. The lowest BCUT2D eigenvalue weighted by Crippen LogP contribution is -2.49. The minimum atomic E-state index is -0.622. The summed E-state index contributed by atoms with van der Waals surface area (Å²) in [5.41, 5.74) is 13.5. The van der Waals surface area contributed by atoms with E-state index in [-0.39, 0.29) is 17.7 Å². The molecule has 2 unspecified atom stereocenters. The molecule has 0 saturated carbocycles. The summed E-state index contributed by atoms with van der Waals surface area (Å²) in [5.74, 6) is 0.116. The maximum Gasteiger partial charge on any atom is 0.181 e. The number of rotatable bonds is 4. The van der Waals surface area contributed by atoms with E-state index in [9.17, 15) is 4.79 Å². The van der Waals surface area contributed by atoms with Crippen LogP contribution in [0.2, 0.25) is 0 Å². The van der Waals surface area contributed by atoms with Crippen LogP contribution in [0, 0.1) is 12.8 Å². The van der Waals surface area contributed by atoms with E-state index in [1.54, 1.807) is 12.1 Å². The van der Waals surface area contributed by atoms with Crippen molar-refractivity contribution in [3.8, 4) is 0 Å². The Labute approximate surface area is 96.8 Å². The zero-order valence-electron chi connectivity index (χ0n) is 10.1. The van der Waals surface area contributed by atoms with Gasteiger partial charge in [0, 0.05) is 11.6 Å². The lowest BCUT2D eigenvalue weighted by Gasteiger charge is -2.22. The van der Waals surface area contributed by atoms with Gasteiger partial charge in [-0.2, -0.15) is 0 Å². The van der Waals surface area contributed by atoms with E-state index < -0.39 is 6.04 Å². The van der Waals surface area contributed by atoms with Crippen LogP contribution in [-0.2, 0) is 0 Å². The van der Waals surface area contributed by atoms with Gasteiger partial charge in [-0.1, -0.05) is 43.7 Å². The third-order valence-corrected chi connectivity index (χ3v) is 2.82. The number of hydrogen-bond acceptors (Lipinski definition) is 3. The third kappa shape index (κ3) is 2.90. The van der Waals surface area contributed by atoms with Gasteiger partial charge in [0.05, 0.1) is 6.04 Å². The van der Waals surface area contributed by atoms with Crippen LogP contribution in [0.25, 0.3) is 0 Å². The molecule has 0 bridgehead atoms. The number of ketones is 1. The van der Waals surface area contributed by atoms with Crippen molar-refractivity contribution in [3.63, 3.8) is 0 Å². The van der Waals surface area contributed by atoms with Crippen molar-refractivity contribution >= 4 is 5.78 Å². The van der Waals surface area contributed by atoms with Crippen LogP contribution >= 0.6 is 0 Å². The fourth-order valence-electron chi connectivity index (χ4n) is 1.50. The molecule has 1 aromatic carbocycles. The lowest BCUT2D eigenvalue weighted by atomic mass is 9.92. The van der Waals surface area contributed by atoms with E-state index in [1.165, 1.54) is 0 Å². The van der Waals surface area contributed by atoms with Gasteiger partial charge in [0.1, 0.15) is 0 Å². The minimum absolute atomic E-state index is 0.0822. The summed E-state index contributed by atoms with van der Waals surface area (Å²) in [6.45, 7) is 5.91. The number of aryl methyl sites for hydroxylation is 1. The van der Waals surface area contributed by atoms with Gasteiger partial charge in [-0.15, -0.1) is 0 Å². The largest absolute Gasteiger partial charge is 0.326 e. The average molecular weight is 220 g/mol.